The number of ketones is 1. The van der Waals surface area contributed by atoms with Crippen molar-refractivity contribution in [2.75, 3.05) is 25.1 Å². The predicted octanol–water partition coefficient (Wildman–Crippen LogP) is 2.60. The molecule has 0 bridgehead atoms. The van der Waals surface area contributed by atoms with Crippen LogP contribution in [0, 0.1) is 19.8 Å². The highest BCUT2D eigenvalue weighted by atomic mass is 16.6. The summed E-state index contributed by atoms with van der Waals surface area (Å²) in [5.74, 6) is -5.12. The van der Waals surface area contributed by atoms with Crippen LogP contribution in [0.4, 0.5) is 5.69 Å². The zero-order valence-corrected chi connectivity index (χ0v) is 23.9. The molecule has 0 spiro atoms. The summed E-state index contributed by atoms with van der Waals surface area (Å²) in [5, 5.41) is 2.95. The molecule has 1 aliphatic heterocycles. The molecular formula is C29H32N2O11. The molecule has 1 amide bonds. The van der Waals surface area contributed by atoms with Crippen LogP contribution in [0.25, 0.3) is 10.9 Å². The molecule has 1 atom stereocenters. The van der Waals surface area contributed by atoms with Crippen LogP contribution in [0.2, 0.25) is 0 Å². The molecule has 3 aromatic rings. The lowest BCUT2D eigenvalue weighted by atomic mass is 9.91. The number of hydrogen-bond donors (Lipinski definition) is 2. The monoisotopic (exact) mass is 584 g/mol. The summed E-state index contributed by atoms with van der Waals surface area (Å²) in [6.07, 6.45) is -0.290. The summed E-state index contributed by atoms with van der Waals surface area (Å²) in [4.78, 5) is 81.1. The van der Waals surface area contributed by atoms with Gasteiger partial charge < -0.3 is 23.9 Å². The molecule has 1 aromatic heterocycles. The first-order valence-electron chi connectivity index (χ1n) is 13.0. The number of ether oxygens (including phenoxy) is 3. The number of esters is 3. The Morgan fingerprint density at radius 2 is 1.38 bits per heavy atom. The number of anilines is 1. The van der Waals surface area contributed by atoms with E-state index in [0.717, 1.165) is 11.1 Å². The van der Waals surface area contributed by atoms with Crippen LogP contribution >= 0.6 is 0 Å². The Balaban J connectivity index is 0.000000229. The van der Waals surface area contributed by atoms with Crippen LogP contribution in [-0.4, -0.2) is 54.4 Å². The van der Waals surface area contributed by atoms with Crippen molar-refractivity contribution >= 4 is 46.2 Å². The van der Waals surface area contributed by atoms with Crippen LogP contribution in [0.3, 0.4) is 0 Å². The Morgan fingerprint density at radius 1 is 0.810 bits per heavy atom. The minimum atomic E-state index is -1.39. The van der Waals surface area contributed by atoms with Gasteiger partial charge in [0.25, 0.3) is 0 Å². The number of aromatic amines is 1. The third-order valence-electron chi connectivity index (χ3n) is 5.46. The number of Topliss-reactive ketones (excluding diaryl/α,β-unsaturated/α-hetero) is 1. The van der Waals surface area contributed by atoms with Gasteiger partial charge in [-0.25, -0.2) is 9.59 Å². The van der Waals surface area contributed by atoms with Crippen LogP contribution in [0.1, 0.15) is 48.7 Å². The van der Waals surface area contributed by atoms with Crippen LogP contribution in [0.15, 0.2) is 50.4 Å². The number of amides is 1. The lowest BCUT2D eigenvalue weighted by molar-refractivity contribution is -0.154. The molecule has 0 radical (unpaired) electrons. The highest BCUT2D eigenvalue weighted by Crippen LogP contribution is 2.27. The Bertz CT molecular complexity index is 1570. The maximum atomic E-state index is 12.1. The van der Waals surface area contributed by atoms with Crippen molar-refractivity contribution in [3.63, 3.8) is 0 Å². The van der Waals surface area contributed by atoms with Crippen molar-refractivity contribution in [3.05, 3.63) is 74.1 Å². The molecule has 2 aromatic carbocycles. The fraction of sp³-hybridized carbons (Fsp3) is 0.345. The van der Waals surface area contributed by atoms with E-state index in [1.165, 1.54) is 0 Å². The van der Waals surface area contributed by atoms with Crippen molar-refractivity contribution < 1.29 is 42.6 Å². The highest BCUT2D eigenvalue weighted by molar-refractivity contribution is 6.29. The van der Waals surface area contributed by atoms with Crippen molar-refractivity contribution in [2.24, 2.45) is 5.92 Å². The zero-order valence-electron chi connectivity index (χ0n) is 23.9. The molecule has 13 heteroatoms. The molecule has 0 saturated heterocycles. The number of aryl methyl sites for hydroxylation is 2. The Hall–Kier alpha value is -5.07. The highest BCUT2D eigenvalue weighted by Gasteiger charge is 2.40. The number of hydrogen-bond acceptors (Lipinski definition) is 11. The molecule has 2 N–H and O–H groups in total. The fourth-order valence-electron chi connectivity index (χ4n) is 3.64. The van der Waals surface area contributed by atoms with Crippen LogP contribution < -0.4 is 16.7 Å². The molecule has 42 heavy (non-hydrogen) atoms. The molecule has 0 fully saturated rings. The number of benzene rings is 2. The van der Waals surface area contributed by atoms with E-state index in [2.05, 4.69) is 24.2 Å². The van der Waals surface area contributed by atoms with E-state index in [-0.39, 0.29) is 26.2 Å². The molecule has 1 aliphatic rings. The van der Waals surface area contributed by atoms with Crippen molar-refractivity contribution in [2.45, 2.75) is 41.0 Å². The lowest BCUT2D eigenvalue weighted by Gasteiger charge is -2.22. The van der Waals surface area contributed by atoms with E-state index >= 15 is 0 Å². The van der Waals surface area contributed by atoms with Crippen LogP contribution in [-0.2, 0) is 33.4 Å². The second kappa shape index (κ2) is 15.6. The normalized spacial score (nSPS) is 13.3. The van der Waals surface area contributed by atoms with E-state index < -0.39 is 46.9 Å². The van der Waals surface area contributed by atoms with E-state index in [1.807, 2.05) is 19.9 Å². The molecule has 0 aliphatic carbocycles. The third kappa shape index (κ3) is 9.25. The number of rotatable bonds is 6. The van der Waals surface area contributed by atoms with Gasteiger partial charge in [0, 0.05) is 5.56 Å². The quantitative estimate of drug-likeness (QED) is 0.246. The summed E-state index contributed by atoms with van der Waals surface area (Å²) in [6, 6.07) is 10.3. The van der Waals surface area contributed by atoms with Crippen LogP contribution in [0.5, 0.6) is 0 Å². The van der Waals surface area contributed by atoms with Crippen molar-refractivity contribution in [1.29, 1.82) is 0 Å². The number of aromatic nitrogens is 1. The van der Waals surface area contributed by atoms with E-state index in [9.17, 15) is 33.6 Å². The molecule has 4 rings (SSSR count). The molecule has 13 nitrogen and oxygen atoms in total. The Morgan fingerprint density at radius 3 is 1.98 bits per heavy atom. The number of carbonyl (C=O) groups excluding carboxylic acids is 5. The average molecular weight is 585 g/mol. The SMILES string of the molecule is CCOC(=O)C1C(=O)Nc2ccc(C)cc2C1=O.CCOC(=O)CC(=O)OCC.Cc1ccc2[nH]c(=O)oc(=O)c2c1. The standard InChI is InChI=1S/C13H13NO4.C9H7NO3.C7H12O4/c1-3-18-13(17)10-11(15)8-6-7(2)4-5-9(8)14-12(10)16;1-5-2-3-7-6(4-5)8(11)13-9(12)10-7;1-3-10-6(8)5-7(9)11-4-2/h4-6,10H,3H2,1-2H3,(H,14,16);2-4H,1H3,(H,10,12);3-5H2,1-2H3. The second-order valence-corrected chi connectivity index (χ2v) is 8.73. The summed E-state index contributed by atoms with van der Waals surface area (Å²) in [6.45, 7) is 9.41. The van der Waals surface area contributed by atoms with Gasteiger partial charge in [-0.2, -0.15) is 0 Å². The van der Waals surface area contributed by atoms with Gasteiger partial charge >= 0.3 is 29.3 Å². The average Bonchev–Trinajstić information content (AvgIpc) is 2.91. The van der Waals surface area contributed by atoms with Crippen molar-refractivity contribution in [3.8, 4) is 0 Å². The third-order valence-corrected chi connectivity index (χ3v) is 5.46. The van der Waals surface area contributed by atoms with Gasteiger partial charge in [-0.1, -0.05) is 23.3 Å². The first-order chi connectivity index (χ1) is 19.9. The fourth-order valence-corrected chi connectivity index (χ4v) is 3.64. The summed E-state index contributed by atoms with van der Waals surface area (Å²) in [5.41, 5.74) is 2.55. The zero-order chi connectivity index (χ0) is 31.4. The van der Waals surface area contributed by atoms with Gasteiger partial charge in [0.2, 0.25) is 5.91 Å². The summed E-state index contributed by atoms with van der Waals surface area (Å²) >= 11 is 0. The Labute approximate surface area is 240 Å². The molecular weight excluding hydrogens is 552 g/mol. The maximum absolute atomic E-state index is 12.1. The topological polar surface area (TPSA) is 188 Å². The van der Waals surface area contributed by atoms with Gasteiger partial charge in [0.05, 0.1) is 36.4 Å². The Kier molecular flexibility index (Phi) is 12.3. The molecule has 2 heterocycles. The molecule has 0 saturated carbocycles. The van der Waals surface area contributed by atoms with Gasteiger partial charge in [-0.3, -0.25) is 29.0 Å². The van der Waals surface area contributed by atoms with Gasteiger partial charge in [0.15, 0.2) is 11.7 Å². The maximum Gasteiger partial charge on any atom is 0.419 e. The number of carbonyl (C=O) groups is 5. The summed E-state index contributed by atoms with van der Waals surface area (Å²) in [7, 11) is 0. The van der Waals surface area contributed by atoms with E-state index in [4.69, 9.17) is 4.74 Å². The largest absolute Gasteiger partial charge is 0.466 e. The summed E-state index contributed by atoms with van der Waals surface area (Å²) < 4.78 is 18.2. The van der Waals surface area contributed by atoms with Gasteiger partial charge in [-0.15, -0.1) is 0 Å². The lowest BCUT2D eigenvalue weighted by Crippen LogP contribution is -2.41. The predicted molar refractivity (Wildman–Crippen MR) is 150 cm³/mol. The van der Waals surface area contributed by atoms with E-state index in [0.29, 0.717) is 22.2 Å². The first-order valence-corrected chi connectivity index (χ1v) is 13.0. The van der Waals surface area contributed by atoms with Crippen molar-refractivity contribution in [1.82, 2.24) is 4.98 Å². The molecule has 1 unspecified atom stereocenters. The number of H-pyrrole nitrogens is 1. The number of fused-ring (bicyclic) bond motifs is 2. The first kappa shape index (κ1) is 33.1. The van der Waals surface area contributed by atoms with Gasteiger partial charge in [-0.05, 0) is 58.9 Å². The minimum Gasteiger partial charge on any atom is -0.466 e. The second-order valence-electron chi connectivity index (χ2n) is 8.73. The smallest absolute Gasteiger partial charge is 0.419 e. The minimum absolute atomic E-state index is 0.135. The van der Waals surface area contributed by atoms with Gasteiger partial charge in [0.1, 0.15) is 6.42 Å². The van der Waals surface area contributed by atoms with E-state index in [1.54, 1.807) is 51.1 Å². The number of nitrogens with one attached hydrogen (secondary N) is 2. The molecule has 224 valence electrons.